The van der Waals surface area contributed by atoms with Crippen molar-refractivity contribution >= 4 is 5.97 Å². The lowest BCUT2D eigenvalue weighted by molar-refractivity contribution is -0.318. The summed E-state index contributed by atoms with van der Waals surface area (Å²) in [6.45, 7) is 18.1. The van der Waals surface area contributed by atoms with Crippen LogP contribution in [-0.4, -0.2) is 148 Å². The summed E-state index contributed by atoms with van der Waals surface area (Å²) in [6.07, 6.45) is -8.65. The van der Waals surface area contributed by atoms with Gasteiger partial charge in [0.15, 0.2) is 12.6 Å². The Kier molecular flexibility index (Phi) is 16.8. The first-order valence-electron chi connectivity index (χ1n) is 21.3. The molecule has 1 aromatic carbocycles. The average Bonchev–Trinajstić information content (AvgIpc) is 3.16. The van der Waals surface area contributed by atoms with E-state index in [2.05, 4.69) is 5.32 Å². The second kappa shape index (κ2) is 19.9. The number of methoxy groups -OCH3 is 1. The zero-order chi connectivity index (χ0) is 43.5. The van der Waals surface area contributed by atoms with Crippen molar-refractivity contribution in [2.24, 2.45) is 23.7 Å². The predicted molar refractivity (Wildman–Crippen MR) is 218 cm³/mol. The molecule has 1 aromatic rings. The van der Waals surface area contributed by atoms with Crippen LogP contribution in [0.3, 0.4) is 0 Å². The van der Waals surface area contributed by atoms with Gasteiger partial charge in [-0.15, -0.1) is 0 Å². The van der Waals surface area contributed by atoms with Gasteiger partial charge in [-0.3, -0.25) is 4.79 Å². The van der Waals surface area contributed by atoms with Gasteiger partial charge in [0.1, 0.15) is 23.9 Å². The number of aliphatic hydroxyl groups is 5. The predicted octanol–water partition coefficient (Wildman–Crippen LogP) is 3.37. The molecule has 3 fully saturated rings. The van der Waals surface area contributed by atoms with Gasteiger partial charge in [-0.2, -0.15) is 0 Å². The minimum absolute atomic E-state index is 0.122. The highest BCUT2D eigenvalue weighted by Crippen LogP contribution is 2.41. The molecule has 14 heteroatoms. The molecule has 19 atom stereocenters. The summed E-state index contributed by atoms with van der Waals surface area (Å²) >= 11 is 0. The third-order valence-corrected chi connectivity index (χ3v) is 13.5. The van der Waals surface area contributed by atoms with Crippen LogP contribution in [0, 0.1) is 23.7 Å². The number of carbonyl (C=O) groups is 1. The van der Waals surface area contributed by atoms with Crippen LogP contribution in [0.5, 0.6) is 0 Å². The maximum atomic E-state index is 14.4. The lowest BCUT2D eigenvalue weighted by atomic mass is 9.72. The number of hydrogen-bond donors (Lipinski definition) is 6. The molecule has 8 unspecified atom stereocenters. The Bertz CT molecular complexity index is 1430. The summed E-state index contributed by atoms with van der Waals surface area (Å²) in [6, 6.07) is 9.08. The Labute approximate surface area is 346 Å². The van der Waals surface area contributed by atoms with Crippen molar-refractivity contribution in [3.8, 4) is 0 Å². The fraction of sp³-hybridized carbons (Fsp3) is 0.841. The molecule has 3 saturated heterocycles. The summed E-state index contributed by atoms with van der Waals surface area (Å²) in [5, 5.41) is 63.3. The smallest absolute Gasteiger partial charge is 0.311 e. The van der Waals surface area contributed by atoms with E-state index in [1.165, 1.54) is 14.0 Å². The Morgan fingerprint density at radius 3 is 2.12 bits per heavy atom. The molecule has 3 aliphatic rings. The van der Waals surface area contributed by atoms with Crippen molar-refractivity contribution in [1.29, 1.82) is 0 Å². The largest absolute Gasteiger partial charge is 0.459 e. The minimum Gasteiger partial charge on any atom is -0.459 e. The van der Waals surface area contributed by atoms with Crippen LogP contribution in [0.2, 0.25) is 0 Å². The van der Waals surface area contributed by atoms with Crippen molar-refractivity contribution in [3.63, 3.8) is 0 Å². The number of rotatable bonds is 10. The van der Waals surface area contributed by atoms with E-state index in [1.54, 1.807) is 34.6 Å². The Morgan fingerprint density at radius 1 is 0.897 bits per heavy atom. The van der Waals surface area contributed by atoms with Crippen molar-refractivity contribution in [3.05, 3.63) is 35.9 Å². The van der Waals surface area contributed by atoms with E-state index in [4.69, 9.17) is 28.4 Å². The Morgan fingerprint density at radius 2 is 1.53 bits per heavy atom. The highest BCUT2D eigenvalue weighted by Gasteiger charge is 2.53. The van der Waals surface area contributed by atoms with Crippen molar-refractivity contribution in [2.75, 3.05) is 21.2 Å². The van der Waals surface area contributed by atoms with Gasteiger partial charge in [0.05, 0.1) is 47.6 Å². The minimum atomic E-state index is -1.86. The average molecular weight is 825 g/mol. The van der Waals surface area contributed by atoms with Crippen LogP contribution < -0.4 is 5.32 Å². The molecule has 3 aliphatic heterocycles. The van der Waals surface area contributed by atoms with Crippen LogP contribution in [0.15, 0.2) is 30.3 Å². The van der Waals surface area contributed by atoms with E-state index >= 15 is 0 Å². The van der Waals surface area contributed by atoms with Crippen LogP contribution >= 0.6 is 0 Å². The number of aliphatic hydroxyl groups excluding tert-OH is 3. The molecule has 0 amide bonds. The van der Waals surface area contributed by atoms with Crippen LogP contribution in [-0.2, 0) is 39.8 Å². The van der Waals surface area contributed by atoms with E-state index in [0.29, 0.717) is 13.0 Å². The highest BCUT2D eigenvalue weighted by molar-refractivity contribution is 5.73. The Balaban J connectivity index is 1.86. The van der Waals surface area contributed by atoms with Gasteiger partial charge in [0.2, 0.25) is 0 Å². The molecule has 0 saturated carbocycles. The number of cyclic esters (lactones) is 1. The normalized spacial score (nSPS) is 46.4. The van der Waals surface area contributed by atoms with Crippen molar-refractivity contribution in [2.45, 2.75) is 192 Å². The fourth-order valence-electron chi connectivity index (χ4n) is 9.82. The van der Waals surface area contributed by atoms with E-state index < -0.39 is 102 Å². The maximum Gasteiger partial charge on any atom is 0.311 e. The molecule has 14 nitrogen and oxygen atoms in total. The third kappa shape index (κ3) is 11.0. The molecule has 3 heterocycles. The van der Waals surface area contributed by atoms with E-state index in [9.17, 15) is 30.3 Å². The molecule has 0 spiro atoms. The third-order valence-electron chi connectivity index (χ3n) is 13.5. The SMILES string of the molecule is CC[C@H]1OC(=O)[C@H](C)[C@@H](OC2CC(C)(OC)C(O)C(C)O2)[C@H](C)[C@@H](OC2OC(C)CC(N(C)C)C2O)[C@](C)(O)C[C@@H](C)[C@H](NCc2ccccc2)[C@H](C)[C@@H](O)[C@]1(C)O. The number of carbonyl (C=O) groups excluding carboxylic acids is 1. The zero-order valence-electron chi connectivity index (χ0n) is 37.2. The highest BCUT2D eigenvalue weighted by atomic mass is 16.7. The quantitative estimate of drug-likeness (QED) is 0.189. The fourth-order valence-corrected chi connectivity index (χ4v) is 9.82. The van der Waals surface area contributed by atoms with Gasteiger partial charge in [-0.05, 0) is 86.4 Å². The molecule has 58 heavy (non-hydrogen) atoms. The molecule has 6 N–H and O–H groups in total. The van der Waals surface area contributed by atoms with E-state index in [-0.39, 0.29) is 37.3 Å². The first-order chi connectivity index (χ1) is 27.0. The molecule has 4 rings (SSSR count). The number of hydrogen-bond acceptors (Lipinski definition) is 14. The molecular formula is C44H76N2O12. The van der Waals surface area contributed by atoms with Gasteiger partial charge in [-0.25, -0.2) is 0 Å². The summed E-state index contributed by atoms with van der Waals surface area (Å²) in [5.41, 5.74) is -3.54. The number of likely N-dealkylation sites (N-methyl/N-ethyl adjacent to an activating group) is 1. The van der Waals surface area contributed by atoms with Gasteiger partial charge in [0, 0.05) is 44.0 Å². The van der Waals surface area contributed by atoms with Crippen molar-refractivity contribution < 1.29 is 58.7 Å². The summed E-state index contributed by atoms with van der Waals surface area (Å²) < 4.78 is 38.0. The van der Waals surface area contributed by atoms with Gasteiger partial charge in [-0.1, -0.05) is 58.0 Å². The lowest BCUT2D eigenvalue weighted by Crippen LogP contribution is -2.62. The van der Waals surface area contributed by atoms with Crippen LogP contribution in [0.4, 0.5) is 0 Å². The molecule has 0 radical (unpaired) electrons. The summed E-state index contributed by atoms with van der Waals surface area (Å²) in [7, 11) is 5.28. The summed E-state index contributed by atoms with van der Waals surface area (Å²) in [4.78, 5) is 16.3. The van der Waals surface area contributed by atoms with E-state index in [1.807, 2.05) is 77.0 Å². The van der Waals surface area contributed by atoms with E-state index in [0.717, 1.165) is 5.56 Å². The molecule has 0 aromatic heterocycles. The number of nitrogens with zero attached hydrogens (tertiary/aromatic N) is 1. The lowest BCUT2D eigenvalue weighted by Gasteiger charge is -2.49. The maximum absolute atomic E-state index is 14.4. The van der Waals surface area contributed by atoms with Crippen LogP contribution in [0.1, 0.15) is 100 Å². The summed E-state index contributed by atoms with van der Waals surface area (Å²) in [5.74, 6) is -3.43. The second-order valence-electron chi connectivity index (χ2n) is 18.6. The first-order valence-corrected chi connectivity index (χ1v) is 21.3. The molecule has 0 aliphatic carbocycles. The van der Waals surface area contributed by atoms with Gasteiger partial charge >= 0.3 is 5.97 Å². The molecule has 334 valence electrons. The first kappa shape index (κ1) is 48.9. The number of esters is 1. The zero-order valence-corrected chi connectivity index (χ0v) is 37.2. The number of ether oxygens (including phenoxy) is 6. The van der Waals surface area contributed by atoms with Crippen LogP contribution in [0.25, 0.3) is 0 Å². The number of benzene rings is 1. The molecule has 0 bridgehead atoms. The standard InChI is InChI=1S/C44H76N2O12/c1-14-32-44(10,52)37(48)26(4)34(45-23-30-18-16-15-17-19-30)24(2)21-42(8,51)39(58-41-35(47)31(46(11)12)20-25(3)54-41)27(5)36(28(6)40(50)56-32)57-33-22-43(9,53-13)38(49)29(7)55-33/h15-19,24-29,31-39,41,45,47-49,51-52H,14,20-23H2,1-13H3/t24-,25?,26+,27+,28-,29?,31?,32-,33?,34+,35?,36+,37-,38?,39-,41?,42-,43?,44-/m1/s1. The monoisotopic (exact) mass is 825 g/mol. The second-order valence-corrected chi connectivity index (χ2v) is 18.6. The van der Waals surface area contributed by atoms with Gasteiger partial charge in [0.25, 0.3) is 0 Å². The van der Waals surface area contributed by atoms with Gasteiger partial charge < -0.3 is 64.2 Å². The number of nitrogens with one attached hydrogen (secondary N) is 1. The molecular weight excluding hydrogens is 748 g/mol. The Hall–Kier alpha value is -1.79. The topological polar surface area (TPSA) is 189 Å². The van der Waals surface area contributed by atoms with Crippen molar-refractivity contribution in [1.82, 2.24) is 10.2 Å².